The van der Waals surface area contributed by atoms with E-state index in [1.807, 2.05) is 6.08 Å². The van der Waals surface area contributed by atoms with Crippen LogP contribution in [0, 0.1) is 0 Å². The number of esters is 1. The molecule has 0 aromatic carbocycles. The van der Waals surface area contributed by atoms with Crippen molar-refractivity contribution in [2.24, 2.45) is 0 Å². The molecule has 1 rings (SSSR count). The Hall–Kier alpha value is -1.60. The fourth-order valence-corrected chi connectivity index (χ4v) is 10.3. The lowest BCUT2D eigenvalue weighted by atomic mass is 9.99. The van der Waals surface area contributed by atoms with E-state index in [1.54, 1.807) is 6.08 Å². The van der Waals surface area contributed by atoms with Crippen LogP contribution in [0.4, 0.5) is 0 Å². The Morgan fingerprint density at radius 2 is 0.851 bits per heavy atom. The molecule has 7 unspecified atom stereocenters. The SMILES string of the molecule is CCCCCCCCCCCCCCC/C=C/C(O)C(COC1OC(CO)C(O)C(O)C1O)NC(=O)CCCCCCCCCCCCCCCCCCCCCCOC(=O)CCCCCCCCCCCCC. The Labute approximate surface area is 455 Å². The minimum atomic E-state index is -1.57. The highest BCUT2D eigenvalue weighted by Crippen LogP contribution is 2.23. The van der Waals surface area contributed by atoms with E-state index in [0.29, 0.717) is 19.4 Å². The largest absolute Gasteiger partial charge is 0.466 e. The second kappa shape index (κ2) is 53.4. The maximum absolute atomic E-state index is 13.1. The number of rotatable bonds is 56. The molecule has 0 aromatic rings. The molecule has 6 N–H and O–H groups in total. The van der Waals surface area contributed by atoms with Gasteiger partial charge in [-0.15, -0.1) is 0 Å². The summed E-state index contributed by atoms with van der Waals surface area (Å²) in [5, 5.41) is 54.5. The minimum absolute atomic E-state index is 0.00289. The highest BCUT2D eigenvalue weighted by molar-refractivity contribution is 5.76. The summed E-state index contributed by atoms with van der Waals surface area (Å²) in [7, 11) is 0. The first kappa shape index (κ1) is 70.4. The number of carbonyl (C=O) groups excluding carboxylic acids is 2. The molecule has 1 fully saturated rings. The molecule has 0 aromatic heterocycles. The second-order valence-corrected chi connectivity index (χ2v) is 22.5. The van der Waals surface area contributed by atoms with Gasteiger partial charge in [0.25, 0.3) is 0 Å². The van der Waals surface area contributed by atoms with Gasteiger partial charge in [0.1, 0.15) is 24.4 Å². The maximum Gasteiger partial charge on any atom is 0.305 e. The first-order valence-corrected chi connectivity index (χ1v) is 32.0. The van der Waals surface area contributed by atoms with E-state index in [2.05, 4.69) is 19.2 Å². The number of hydrogen-bond donors (Lipinski definition) is 6. The van der Waals surface area contributed by atoms with Crippen molar-refractivity contribution in [2.45, 2.75) is 358 Å². The summed E-state index contributed by atoms with van der Waals surface area (Å²) >= 11 is 0. The van der Waals surface area contributed by atoms with Crippen LogP contribution >= 0.6 is 0 Å². The van der Waals surface area contributed by atoms with Gasteiger partial charge in [-0.25, -0.2) is 0 Å². The Morgan fingerprint density at radius 1 is 0.486 bits per heavy atom. The van der Waals surface area contributed by atoms with E-state index in [4.69, 9.17) is 14.2 Å². The highest BCUT2D eigenvalue weighted by atomic mass is 16.7. The Kier molecular flexibility index (Phi) is 50.8. The van der Waals surface area contributed by atoms with E-state index in [1.165, 1.54) is 231 Å². The molecular weight excluding hydrogens is 931 g/mol. The number of amides is 1. The maximum atomic E-state index is 13.1. The van der Waals surface area contributed by atoms with Gasteiger partial charge in [-0.3, -0.25) is 9.59 Å². The number of allylic oxidation sites excluding steroid dienone is 1. The van der Waals surface area contributed by atoms with Crippen molar-refractivity contribution in [3.05, 3.63) is 12.2 Å². The van der Waals surface area contributed by atoms with Crippen molar-refractivity contribution in [3.8, 4) is 0 Å². The Morgan fingerprint density at radius 3 is 1.26 bits per heavy atom. The molecule has 1 heterocycles. The molecule has 1 saturated heterocycles. The number of aliphatic hydroxyl groups excluding tert-OH is 5. The predicted octanol–water partition coefficient (Wildman–Crippen LogP) is 15.1. The van der Waals surface area contributed by atoms with E-state index in [0.717, 1.165) is 57.8 Å². The van der Waals surface area contributed by atoms with Crippen LogP contribution in [0.3, 0.4) is 0 Å². The van der Waals surface area contributed by atoms with Crippen molar-refractivity contribution in [2.75, 3.05) is 19.8 Å². The number of carbonyl (C=O) groups is 2. The monoisotopic (exact) mass is 1050 g/mol. The lowest BCUT2D eigenvalue weighted by Crippen LogP contribution is -2.60. The molecule has 0 saturated carbocycles. The average molecular weight is 1050 g/mol. The molecule has 7 atom stereocenters. The first-order chi connectivity index (χ1) is 36.2. The quantitative estimate of drug-likeness (QED) is 0.0195. The second-order valence-electron chi connectivity index (χ2n) is 22.5. The van der Waals surface area contributed by atoms with Gasteiger partial charge in [-0.2, -0.15) is 0 Å². The summed E-state index contributed by atoms with van der Waals surface area (Å²) in [4.78, 5) is 25.1. The summed E-state index contributed by atoms with van der Waals surface area (Å²) in [5.41, 5.74) is 0. The van der Waals surface area contributed by atoms with Crippen molar-refractivity contribution < 1.29 is 49.3 Å². The predicted molar refractivity (Wildman–Crippen MR) is 306 cm³/mol. The summed E-state index contributed by atoms with van der Waals surface area (Å²) in [6, 6.07) is -0.811. The van der Waals surface area contributed by atoms with Crippen LogP contribution in [0.15, 0.2) is 12.2 Å². The number of aliphatic hydroxyl groups is 5. The van der Waals surface area contributed by atoms with Gasteiger partial charge in [-0.1, -0.05) is 283 Å². The van der Waals surface area contributed by atoms with Crippen LogP contribution in [-0.4, -0.2) is 100 Å². The number of ether oxygens (including phenoxy) is 3. The zero-order valence-electron chi connectivity index (χ0n) is 48.3. The molecule has 0 spiro atoms. The van der Waals surface area contributed by atoms with E-state index in [-0.39, 0.29) is 18.5 Å². The van der Waals surface area contributed by atoms with Gasteiger partial charge in [0.2, 0.25) is 5.91 Å². The van der Waals surface area contributed by atoms with E-state index >= 15 is 0 Å². The van der Waals surface area contributed by atoms with Gasteiger partial charge in [0, 0.05) is 12.8 Å². The number of hydrogen-bond acceptors (Lipinski definition) is 10. The zero-order valence-corrected chi connectivity index (χ0v) is 48.3. The van der Waals surface area contributed by atoms with Crippen molar-refractivity contribution >= 4 is 11.9 Å². The van der Waals surface area contributed by atoms with Crippen LogP contribution < -0.4 is 5.32 Å². The third-order valence-electron chi connectivity index (χ3n) is 15.4. The lowest BCUT2D eigenvalue weighted by Gasteiger charge is -2.40. The molecule has 11 nitrogen and oxygen atoms in total. The molecule has 0 bridgehead atoms. The fraction of sp³-hybridized carbons (Fsp3) is 0.937. The van der Waals surface area contributed by atoms with Crippen LogP contribution in [0.2, 0.25) is 0 Å². The standard InChI is InChI=1S/C63H121NO10/c1-3-5-7-9-11-13-15-16-23-26-30-33-37-41-45-49-56(66)55(54-73-63-62(71)61(70)60(69)57(53-65)74-63)64-58(67)50-46-42-38-34-31-27-24-21-19-17-18-20-22-25-28-32-36-40-44-48-52-72-59(68)51-47-43-39-35-29-14-12-10-8-6-4-2/h45,49,55-57,60-63,65-66,69-71H,3-44,46-48,50-54H2,1-2H3,(H,64,67)/b49-45+. The van der Waals surface area contributed by atoms with Crippen molar-refractivity contribution in [1.82, 2.24) is 5.32 Å². The summed E-state index contributed by atoms with van der Waals surface area (Å²) in [5.74, 6) is -0.184. The van der Waals surface area contributed by atoms with Crippen molar-refractivity contribution in [1.29, 1.82) is 0 Å². The smallest absolute Gasteiger partial charge is 0.305 e. The fourth-order valence-electron chi connectivity index (χ4n) is 10.3. The van der Waals surface area contributed by atoms with E-state index in [9.17, 15) is 35.1 Å². The Balaban J connectivity index is 2.08. The van der Waals surface area contributed by atoms with Gasteiger partial charge in [0.15, 0.2) is 6.29 Å². The van der Waals surface area contributed by atoms with Crippen LogP contribution in [-0.2, 0) is 23.8 Å². The molecule has 0 radical (unpaired) electrons. The third-order valence-corrected chi connectivity index (χ3v) is 15.4. The molecule has 1 aliphatic heterocycles. The van der Waals surface area contributed by atoms with Gasteiger partial charge >= 0.3 is 5.97 Å². The van der Waals surface area contributed by atoms with Crippen LogP contribution in [0.1, 0.15) is 316 Å². The molecule has 438 valence electrons. The Bertz CT molecular complexity index is 1240. The summed E-state index contributed by atoms with van der Waals surface area (Å²) in [6.45, 7) is 4.36. The normalized spacial score (nSPS) is 18.8. The van der Waals surface area contributed by atoms with E-state index < -0.39 is 49.5 Å². The van der Waals surface area contributed by atoms with Gasteiger partial charge < -0.3 is 45.1 Å². The lowest BCUT2D eigenvalue weighted by molar-refractivity contribution is -0.302. The topological polar surface area (TPSA) is 175 Å². The number of unbranched alkanes of at least 4 members (excludes halogenated alkanes) is 42. The van der Waals surface area contributed by atoms with Crippen LogP contribution in [0.25, 0.3) is 0 Å². The van der Waals surface area contributed by atoms with Crippen molar-refractivity contribution in [3.63, 3.8) is 0 Å². The molecular formula is C63H121NO10. The highest BCUT2D eigenvalue weighted by Gasteiger charge is 2.44. The molecule has 74 heavy (non-hydrogen) atoms. The molecule has 11 heteroatoms. The van der Waals surface area contributed by atoms with Gasteiger partial charge in [-0.05, 0) is 32.1 Å². The number of nitrogens with one attached hydrogen (secondary N) is 1. The molecule has 1 amide bonds. The zero-order chi connectivity index (χ0) is 53.8. The summed E-state index contributed by atoms with van der Waals surface area (Å²) in [6.07, 6.45) is 53.0. The third kappa shape index (κ3) is 42.4. The minimum Gasteiger partial charge on any atom is -0.466 e. The summed E-state index contributed by atoms with van der Waals surface area (Å²) < 4.78 is 16.7. The first-order valence-electron chi connectivity index (χ1n) is 32.0. The average Bonchev–Trinajstić information content (AvgIpc) is 3.40. The van der Waals surface area contributed by atoms with Gasteiger partial charge in [0.05, 0.1) is 32.0 Å². The van der Waals surface area contributed by atoms with Crippen LogP contribution in [0.5, 0.6) is 0 Å². The molecule has 1 aliphatic rings. The molecule has 0 aliphatic carbocycles.